The van der Waals surface area contributed by atoms with E-state index in [1.165, 1.54) is 11.3 Å². The molecule has 3 atom stereocenters. The van der Waals surface area contributed by atoms with Crippen LogP contribution in [0.1, 0.15) is 59.1 Å². The third-order valence-corrected chi connectivity index (χ3v) is 9.21. The number of fused-ring (bicyclic) bond motifs is 1. The molecule has 230 valence electrons. The van der Waals surface area contributed by atoms with E-state index >= 15 is 0 Å². The summed E-state index contributed by atoms with van der Waals surface area (Å²) in [6, 6.07) is 10.3. The second-order valence-corrected chi connectivity index (χ2v) is 12.7. The average Bonchev–Trinajstić information content (AvgIpc) is 3.31. The fraction of sp³-hybridized carbons (Fsp3) is 0.406. The Morgan fingerprint density at radius 1 is 0.977 bits per heavy atom. The molecule has 2 amide bonds. The second kappa shape index (κ2) is 14.5. The summed E-state index contributed by atoms with van der Waals surface area (Å²) in [6.07, 6.45) is 0.889. The Morgan fingerprint density at radius 2 is 1.58 bits per heavy atom. The number of hydrogen-bond donors (Lipinski definition) is 2. The van der Waals surface area contributed by atoms with Gasteiger partial charge in [0, 0.05) is 14.9 Å². The Morgan fingerprint density at radius 3 is 2.19 bits per heavy atom. The molecule has 11 heteroatoms. The highest BCUT2D eigenvalue weighted by molar-refractivity contribution is 7.17. The third-order valence-electron chi connectivity index (χ3n) is 7.19. The quantitative estimate of drug-likeness (QED) is 0.173. The van der Waals surface area contributed by atoms with Crippen molar-refractivity contribution in [3.05, 3.63) is 73.6 Å². The van der Waals surface area contributed by atoms with Crippen molar-refractivity contribution in [2.24, 2.45) is 5.92 Å². The highest BCUT2D eigenvalue weighted by Crippen LogP contribution is 2.40. The molecule has 1 aliphatic rings. The minimum atomic E-state index is -0.843. The van der Waals surface area contributed by atoms with Gasteiger partial charge in [0.05, 0.1) is 12.1 Å². The number of carbonyl (C=O) groups is 3. The minimum absolute atomic E-state index is 0.0334. The van der Waals surface area contributed by atoms with Crippen molar-refractivity contribution in [1.29, 1.82) is 0 Å². The van der Waals surface area contributed by atoms with E-state index < -0.39 is 18.2 Å². The summed E-state index contributed by atoms with van der Waals surface area (Å²) >= 11 is 13.6. The van der Waals surface area contributed by atoms with Crippen molar-refractivity contribution in [2.45, 2.75) is 66.1 Å². The molecule has 3 aromatic rings. The lowest BCUT2D eigenvalue weighted by Gasteiger charge is -2.19. The number of benzene rings is 2. The lowest BCUT2D eigenvalue weighted by molar-refractivity contribution is -0.150. The molecule has 8 nitrogen and oxygen atoms in total. The van der Waals surface area contributed by atoms with E-state index in [1.807, 2.05) is 13.8 Å². The third kappa shape index (κ3) is 8.43. The van der Waals surface area contributed by atoms with E-state index in [-0.39, 0.29) is 25.0 Å². The summed E-state index contributed by atoms with van der Waals surface area (Å²) in [5.74, 6) is 0.268. The van der Waals surface area contributed by atoms with E-state index in [0.717, 1.165) is 40.8 Å². The van der Waals surface area contributed by atoms with Crippen LogP contribution in [0.25, 0.3) is 0 Å². The minimum Gasteiger partial charge on any atom is -0.481 e. The number of hydrogen-bond acceptors (Lipinski definition) is 7. The summed E-state index contributed by atoms with van der Waals surface area (Å²) in [7, 11) is 0. The predicted molar refractivity (Wildman–Crippen MR) is 170 cm³/mol. The summed E-state index contributed by atoms with van der Waals surface area (Å²) in [4.78, 5) is 40.1. The van der Waals surface area contributed by atoms with E-state index in [0.29, 0.717) is 38.0 Å². The van der Waals surface area contributed by atoms with Crippen LogP contribution < -0.4 is 20.1 Å². The molecule has 2 aromatic carbocycles. The number of thiophene rings is 1. The number of rotatable bonds is 11. The van der Waals surface area contributed by atoms with Gasteiger partial charge in [-0.2, -0.15) is 0 Å². The molecule has 0 fully saturated rings. The lowest BCUT2D eigenvalue weighted by Crippen LogP contribution is -2.33. The van der Waals surface area contributed by atoms with Gasteiger partial charge in [-0.15, -0.1) is 11.3 Å². The second-order valence-electron chi connectivity index (χ2n) is 10.8. The van der Waals surface area contributed by atoms with Crippen molar-refractivity contribution < 1.29 is 28.6 Å². The van der Waals surface area contributed by atoms with E-state index in [1.54, 1.807) is 50.2 Å². The van der Waals surface area contributed by atoms with Gasteiger partial charge in [0.1, 0.15) is 23.1 Å². The average molecular weight is 648 g/mol. The molecule has 1 heterocycles. The van der Waals surface area contributed by atoms with Gasteiger partial charge in [-0.3, -0.25) is 9.59 Å². The van der Waals surface area contributed by atoms with Crippen molar-refractivity contribution in [1.82, 2.24) is 5.32 Å². The highest BCUT2D eigenvalue weighted by Gasteiger charge is 2.29. The van der Waals surface area contributed by atoms with Gasteiger partial charge in [-0.05, 0) is 106 Å². The van der Waals surface area contributed by atoms with Crippen LogP contribution in [0.15, 0.2) is 36.4 Å². The van der Waals surface area contributed by atoms with Gasteiger partial charge in [0.2, 0.25) is 0 Å². The Bertz CT molecular complexity index is 1510. The van der Waals surface area contributed by atoms with Gasteiger partial charge in [-0.1, -0.05) is 30.1 Å². The van der Waals surface area contributed by atoms with E-state index in [4.69, 9.17) is 37.4 Å². The molecule has 1 aromatic heterocycles. The van der Waals surface area contributed by atoms with Crippen LogP contribution in [-0.4, -0.2) is 43.1 Å². The summed E-state index contributed by atoms with van der Waals surface area (Å²) < 4.78 is 16.8. The maximum absolute atomic E-state index is 13.4. The van der Waals surface area contributed by atoms with Crippen molar-refractivity contribution in [2.75, 3.05) is 18.5 Å². The Balaban J connectivity index is 1.36. The molecule has 0 saturated heterocycles. The number of carbonyl (C=O) groups excluding carboxylic acids is 3. The smallest absolute Gasteiger partial charge is 0.347 e. The predicted octanol–water partition coefficient (Wildman–Crippen LogP) is 6.94. The Kier molecular flexibility index (Phi) is 11.0. The van der Waals surface area contributed by atoms with Crippen LogP contribution in [0.4, 0.5) is 5.00 Å². The molecule has 0 radical (unpaired) electrons. The number of nitrogens with one attached hydrogen (secondary N) is 2. The molecule has 0 aliphatic heterocycles. The first-order chi connectivity index (χ1) is 20.4. The largest absolute Gasteiger partial charge is 0.481 e. The molecule has 43 heavy (non-hydrogen) atoms. The van der Waals surface area contributed by atoms with Gasteiger partial charge in [-0.25, -0.2) is 4.79 Å². The number of aryl methyl sites for hydroxylation is 2. The maximum Gasteiger partial charge on any atom is 0.347 e. The molecule has 0 spiro atoms. The van der Waals surface area contributed by atoms with Crippen LogP contribution in [0.5, 0.6) is 11.5 Å². The number of anilines is 1. The molecule has 2 N–H and O–H groups in total. The highest BCUT2D eigenvalue weighted by atomic mass is 35.5. The first-order valence-electron chi connectivity index (χ1n) is 14.2. The molecule has 0 saturated carbocycles. The van der Waals surface area contributed by atoms with Gasteiger partial charge >= 0.3 is 5.97 Å². The molecular weight excluding hydrogens is 611 g/mol. The zero-order valence-electron chi connectivity index (χ0n) is 24.8. The van der Waals surface area contributed by atoms with Crippen molar-refractivity contribution in [3.8, 4) is 11.5 Å². The number of halogens is 2. The zero-order chi connectivity index (χ0) is 31.3. The SMILES string of the molecule is Cc1cc(OC(C)C(=O)Nc2sc3c(c2C(=O)NCCOC(=O)C(C)Oc2ccc(Cl)c(C)c2)CCC(C)C3)ccc1Cl. The van der Waals surface area contributed by atoms with E-state index in [2.05, 4.69) is 17.6 Å². The summed E-state index contributed by atoms with van der Waals surface area (Å²) in [6.45, 7) is 9.20. The first kappa shape index (κ1) is 32.6. The normalized spacial score (nSPS) is 15.6. The maximum atomic E-state index is 13.4. The summed E-state index contributed by atoms with van der Waals surface area (Å²) in [5, 5.41) is 7.47. The molecular formula is C32H36Cl2N2O6S. The van der Waals surface area contributed by atoms with Gasteiger partial charge in [0.15, 0.2) is 12.2 Å². The number of amides is 2. The Hall–Kier alpha value is -3.27. The van der Waals surface area contributed by atoms with Crippen LogP contribution in [0, 0.1) is 19.8 Å². The fourth-order valence-corrected chi connectivity index (χ4v) is 6.35. The number of esters is 1. The lowest BCUT2D eigenvalue weighted by atomic mass is 9.88. The van der Waals surface area contributed by atoms with Crippen LogP contribution in [0.2, 0.25) is 10.0 Å². The standard InChI is InChI=1S/C32H36Cl2N2O6S/c1-17-6-9-24-27(14-17)43-31(36-29(37)20(4)41-22-7-10-25(33)18(2)15-22)28(24)30(38)35-12-13-40-32(39)21(5)42-23-8-11-26(34)19(3)16-23/h7-8,10-11,15-17,20-21H,6,9,12-14H2,1-5H3,(H,35,38)(H,36,37). The van der Waals surface area contributed by atoms with Crippen LogP contribution in [0.3, 0.4) is 0 Å². The van der Waals surface area contributed by atoms with Crippen LogP contribution >= 0.6 is 34.5 Å². The Labute approximate surface area is 266 Å². The van der Waals surface area contributed by atoms with Crippen molar-refractivity contribution in [3.63, 3.8) is 0 Å². The zero-order valence-corrected chi connectivity index (χ0v) is 27.2. The topological polar surface area (TPSA) is 103 Å². The molecule has 4 rings (SSSR count). The first-order valence-corrected chi connectivity index (χ1v) is 15.8. The molecule has 0 bridgehead atoms. The van der Waals surface area contributed by atoms with Gasteiger partial charge in [0.25, 0.3) is 11.8 Å². The molecule has 1 aliphatic carbocycles. The fourth-order valence-electron chi connectivity index (χ4n) is 4.71. The van der Waals surface area contributed by atoms with E-state index in [9.17, 15) is 14.4 Å². The molecule has 3 unspecified atom stereocenters. The van der Waals surface area contributed by atoms with Crippen molar-refractivity contribution >= 4 is 57.3 Å². The van der Waals surface area contributed by atoms with Crippen LogP contribution in [-0.2, 0) is 27.2 Å². The van der Waals surface area contributed by atoms with Gasteiger partial charge < -0.3 is 24.8 Å². The summed E-state index contributed by atoms with van der Waals surface area (Å²) in [5.41, 5.74) is 3.09. The monoisotopic (exact) mass is 646 g/mol. The number of ether oxygens (including phenoxy) is 3.